The van der Waals surface area contributed by atoms with Gasteiger partial charge in [0.2, 0.25) is 0 Å². The Bertz CT molecular complexity index is 1320. The number of hydrogen-bond donors (Lipinski definition) is 4. The van der Waals surface area contributed by atoms with E-state index in [1.165, 1.54) is 42.3 Å². The maximum absolute atomic E-state index is 14.7. The first-order valence-electron chi connectivity index (χ1n) is 12.8. The van der Waals surface area contributed by atoms with Crippen LogP contribution < -0.4 is 16.0 Å². The van der Waals surface area contributed by atoms with Gasteiger partial charge in [0.15, 0.2) is 18.5 Å². The fraction of sp³-hybridized carbons (Fsp3) is 0.407. The summed E-state index contributed by atoms with van der Waals surface area (Å²) in [5.41, 5.74) is 6.38. The highest BCUT2D eigenvalue weighted by Gasteiger charge is 2.50. The van der Waals surface area contributed by atoms with E-state index in [1.807, 2.05) is 0 Å². The molecule has 5 unspecified atom stereocenters. The fourth-order valence-electron chi connectivity index (χ4n) is 5.15. The van der Waals surface area contributed by atoms with Crippen molar-refractivity contribution in [2.45, 2.75) is 43.5 Å². The number of anilines is 2. The molecule has 3 heterocycles. The van der Waals surface area contributed by atoms with Gasteiger partial charge in [-0.1, -0.05) is 0 Å². The van der Waals surface area contributed by atoms with E-state index in [-0.39, 0.29) is 54.6 Å². The average Bonchev–Trinajstić information content (AvgIpc) is 3.57. The second-order valence-corrected chi connectivity index (χ2v) is 9.82. The first-order valence-corrected chi connectivity index (χ1v) is 12.8. The average molecular weight is 556 g/mol. The number of epoxide rings is 1. The number of amides is 3. The van der Waals surface area contributed by atoms with Gasteiger partial charge in [0.1, 0.15) is 17.8 Å². The van der Waals surface area contributed by atoms with E-state index < -0.39 is 29.8 Å². The molecule has 2 aromatic carbocycles. The van der Waals surface area contributed by atoms with Crippen LogP contribution in [0.25, 0.3) is 0 Å². The van der Waals surface area contributed by atoms with Gasteiger partial charge >= 0.3 is 0 Å². The minimum Gasteiger partial charge on any atom is -0.384 e. The van der Waals surface area contributed by atoms with Crippen molar-refractivity contribution < 1.29 is 38.1 Å². The van der Waals surface area contributed by atoms with E-state index in [4.69, 9.17) is 25.4 Å². The molecule has 0 bridgehead atoms. The topological polar surface area (TPSA) is 171 Å². The molecule has 3 aliphatic rings. The zero-order valence-electron chi connectivity index (χ0n) is 21.7. The molecule has 2 aromatic rings. The summed E-state index contributed by atoms with van der Waals surface area (Å²) in [6, 6.07) is 9.51. The van der Waals surface area contributed by atoms with Gasteiger partial charge in [-0.05, 0) is 55.3 Å². The second kappa shape index (κ2) is 11.3. The Kier molecular flexibility index (Phi) is 7.81. The summed E-state index contributed by atoms with van der Waals surface area (Å²) in [6.45, 7) is 0.494. The predicted molar refractivity (Wildman–Crippen MR) is 140 cm³/mol. The van der Waals surface area contributed by atoms with Crippen molar-refractivity contribution in [3.63, 3.8) is 0 Å². The van der Waals surface area contributed by atoms with E-state index >= 15 is 0 Å². The lowest BCUT2D eigenvalue weighted by Crippen LogP contribution is -2.55. The zero-order valence-corrected chi connectivity index (χ0v) is 21.7. The molecule has 3 fully saturated rings. The number of nitrogens with one attached hydrogen (secondary N) is 2. The van der Waals surface area contributed by atoms with Crippen LogP contribution >= 0.6 is 0 Å². The Balaban J connectivity index is 1.29. The number of halogens is 1. The second-order valence-electron chi connectivity index (χ2n) is 9.82. The lowest BCUT2D eigenvalue weighted by Gasteiger charge is -2.34. The molecule has 0 aliphatic carbocycles. The highest BCUT2D eigenvalue weighted by molar-refractivity contribution is 6.05. The summed E-state index contributed by atoms with van der Waals surface area (Å²) in [5.74, 6) is -2.88. The number of nitrogens with two attached hydrogens (primary N) is 1. The van der Waals surface area contributed by atoms with E-state index in [1.54, 1.807) is 4.90 Å². The number of morpholine rings is 1. The maximum atomic E-state index is 14.7. The van der Waals surface area contributed by atoms with Crippen molar-refractivity contribution in [2.75, 3.05) is 37.0 Å². The van der Waals surface area contributed by atoms with Gasteiger partial charge in [-0.2, -0.15) is 0 Å². The van der Waals surface area contributed by atoms with Crippen molar-refractivity contribution in [3.05, 3.63) is 59.4 Å². The summed E-state index contributed by atoms with van der Waals surface area (Å²) in [4.78, 5) is 42.2. The monoisotopic (exact) mass is 555 g/mol. The van der Waals surface area contributed by atoms with Crippen LogP contribution in [0.15, 0.2) is 42.5 Å². The largest absolute Gasteiger partial charge is 0.384 e. The number of carbonyl (C=O) groups is 3. The Morgan fingerprint density at radius 1 is 1.20 bits per heavy atom. The highest BCUT2D eigenvalue weighted by Crippen LogP contribution is 2.36. The van der Waals surface area contributed by atoms with Crippen LogP contribution in [0.3, 0.4) is 0 Å². The molecular formula is C27H30FN5O7. The minimum absolute atomic E-state index is 0.0283. The SMILES string of the molecule is COC1OC1C1CCCN1C(=O)c1cc(F)cc(N2CCOC(C(O)C(=O)Nc3ccc(C(=N)N)cc3)C2=O)c1. The minimum atomic E-state index is -1.87. The molecule has 40 heavy (non-hydrogen) atoms. The van der Waals surface area contributed by atoms with Gasteiger partial charge in [0.25, 0.3) is 17.7 Å². The molecule has 3 amide bonds. The van der Waals surface area contributed by atoms with Crippen LogP contribution in [0, 0.1) is 11.2 Å². The van der Waals surface area contributed by atoms with Gasteiger partial charge in [0, 0.05) is 42.7 Å². The van der Waals surface area contributed by atoms with Gasteiger partial charge in [-0.25, -0.2) is 4.39 Å². The van der Waals surface area contributed by atoms with Crippen molar-refractivity contribution in [1.82, 2.24) is 4.90 Å². The van der Waals surface area contributed by atoms with Crippen molar-refractivity contribution in [1.29, 1.82) is 5.41 Å². The summed E-state index contributed by atoms with van der Waals surface area (Å²) in [7, 11) is 1.53. The molecule has 3 saturated heterocycles. The molecule has 5 rings (SSSR count). The number of rotatable bonds is 8. The number of nitrogen functional groups attached to an aromatic ring is 1. The summed E-state index contributed by atoms with van der Waals surface area (Å²) >= 11 is 0. The third-order valence-corrected chi connectivity index (χ3v) is 7.24. The third kappa shape index (κ3) is 5.54. The Morgan fingerprint density at radius 3 is 2.62 bits per heavy atom. The number of likely N-dealkylation sites (tertiary alicyclic amines) is 1. The van der Waals surface area contributed by atoms with E-state index in [0.29, 0.717) is 17.8 Å². The Labute approximate surface area is 229 Å². The highest BCUT2D eigenvalue weighted by atomic mass is 19.1. The molecule has 0 spiro atoms. The number of aliphatic hydroxyl groups is 1. The zero-order chi connectivity index (χ0) is 28.6. The van der Waals surface area contributed by atoms with Gasteiger partial charge in [0.05, 0.1) is 12.6 Å². The molecule has 0 radical (unpaired) electrons. The molecule has 0 saturated carbocycles. The molecule has 13 heteroatoms. The van der Waals surface area contributed by atoms with Crippen LogP contribution in [0.1, 0.15) is 28.8 Å². The van der Waals surface area contributed by atoms with Crippen molar-refractivity contribution in [3.8, 4) is 0 Å². The standard InChI is InChI=1S/C27H30FN5O7/c1-38-27-21(40-27)19-3-2-8-33(19)25(36)15-11-16(28)13-18(12-15)32-9-10-39-22(26(32)37)20(34)24(35)31-17-6-4-14(5-7-17)23(29)30/h4-7,11-13,19-22,27,34H,2-3,8-10H2,1H3,(H3,29,30)(H,31,35). The number of nitrogens with zero attached hydrogens (tertiary/aromatic N) is 2. The summed E-state index contributed by atoms with van der Waals surface area (Å²) < 4.78 is 30.9. The van der Waals surface area contributed by atoms with Crippen molar-refractivity contribution in [2.24, 2.45) is 5.73 Å². The van der Waals surface area contributed by atoms with E-state index in [2.05, 4.69) is 5.32 Å². The molecular weight excluding hydrogens is 525 g/mol. The van der Waals surface area contributed by atoms with E-state index in [9.17, 15) is 23.9 Å². The molecule has 5 atom stereocenters. The first-order chi connectivity index (χ1) is 19.2. The summed E-state index contributed by atoms with van der Waals surface area (Å²) in [6.07, 6.45) is -2.50. The number of hydrogen-bond acceptors (Lipinski definition) is 8. The number of ether oxygens (including phenoxy) is 3. The third-order valence-electron chi connectivity index (χ3n) is 7.24. The van der Waals surface area contributed by atoms with Crippen LogP contribution in [-0.4, -0.2) is 91.0 Å². The van der Waals surface area contributed by atoms with E-state index in [0.717, 1.165) is 25.0 Å². The Hall–Kier alpha value is -3.91. The van der Waals surface area contributed by atoms with Gasteiger partial charge < -0.3 is 40.2 Å². The smallest absolute Gasteiger partial charge is 0.259 e. The van der Waals surface area contributed by atoms with Gasteiger partial charge in [-0.15, -0.1) is 0 Å². The number of carbonyl (C=O) groups excluding carboxylic acids is 3. The van der Waals surface area contributed by atoms with Crippen molar-refractivity contribution >= 4 is 34.9 Å². The first kappa shape index (κ1) is 27.6. The number of benzene rings is 2. The maximum Gasteiger partial charge on any atom is 0.259 e. The predicted octanol–water partition coefficient (Wildman–Crippen LogP) is 0.817. The van der Waals surface area contributed by atoms with Crippen LogP contribution in [0.2, 0.25) is 0 Å². The molecule has 3 aliphatic heterocycles. The quantitative estimate of drug-likeness (QED) is 0.211. The lowest BCUT2D eigenvalue weighted by molar-refractivity contribution is -0.150. The van der Waals surface area contributed by atoms with Gasteiger partial charge in [-0.3, -0.25) is 19.8 Å². The summed E-state index contributed by atoms with van der Waals surface area (Å²) in [5, 5.41) is 20.6. The lowest BCUT2D eigenvalue weighted by atomic mass is 10.1. The van der Waals surface area contributed by atoms with Crippen LogP contribution in [0.4, 0.5) is 15.8 Å². The molecule has 0 aromatic heterocycles. The Morgan fingerprint density at radius 2 is 1.95 bits per heavy atom. The normalized spacial score (nSPS) is 25.0. The van der Waals surface area contributed by atoms with Crippen LogP contribution in [-0.2, 0) is 23.8 Å². The molecule has 5 N–H and O–H groups in total. The molecule has 12 nitrogen and oxygen atoms in total. The number of amidine groups is 1. The fourth-order valence-corrected chi connectivity index (χ4v) is 5.15. The number of methoxy groups -OCH3 is 1. The van der Waals surface area contributed by atoms with Crippen LogP contribution in [0.5, 0.6) is 0 Å². The number of aliphatic hydroxyl groups excluding tert-OH is 1. The molecule has 212 valence electrons.